The van der Waals surface area contributed by atoms with E-state index in [1.165, 1.54) is 12.0 Å². The molecular weight excluding hydrogens is 268 g/mol. The molecule has 0 atom stereocenters. The molecule has 2 nitrogen and oxygen atoms in total. The van der Waals surface area contributed by atoms with Crippen molar-refractivity contribution in [3.05, 3.63) is 72.3 Å². The second kappa shape index (κ2) is 7.56. The number of benzene rings is 2. The molecule has 0 aliphatic rings. The SMILES string of the molecule is COC(=O)C=C(CSc1ccccc1)c1ccccc1. The lowest BCUT2D eigenvalue weighted by Crippen LogP contribution is -1.98. The number of hydrogen-bond donors (Lipinski definition) is 0. The molecule has 0 aromatic heterocycles. The Morgan fingerprint density at radius 3 is 2.25 bits per heavy atom. The van der Waals surface area contributed by atoms with E-state index in [0.717, 1.165) is 16.9 Å². The Balaban J connectivity index is 2.16. The number of thioether (sulfide) groups is 1. The first kappa shape index (κ1) is 14.4. The summed E-state index contributed by atoms with van der Waals surface area (Å²) in [5, 5.41) is 0. The van der Waals surface area contributed by atoms with Crippen LogP contribution < -0.4 is 0 Å². The van der Waals surface area contributed by atoms with E-state index in [2.05, 4.69) is 12.1 Å². The zero-order valence-corrected chi connectivity index (χ0v) is 12.1. The van der Waals surface area contributed by atoms with Gasteiger partial charge in [0.05, 0.1) is 7.11 Å². The van der Waals surface area contributed by atoms with Gasteiger partial charge < -0.3 is 4.74 Å². The molecule has 102 valence electrons. The number of methoxy groups -OCH3 is 1. The molecule has 0 N–H and O–H groups in total. The van der Waals surface area contributed by atoms with Crippen molar-refractivity contribution in [1.82, 2.24) is 0 Å². The Labute approximate surface area is 123 Å². The van der Waals surface area contributed by atoms with E-state index >= 15 is 0 Å². The van der Waals surface area contributed by atoms with E-state index in [4.69, 9.17) is 4.74 Å². The lowest BCUT2D eigenvalue weighted by atomic mass is 10.1. The molecule has 0 aliphatic heterocycles. The van der Waals surface area contributed by atoms with Crippen molar-refractivity contribution >= 4 is 23.3 Å². The summed E-state index contributed by atoms with van der Waals surface area (Å²) in [6.07, 6.45) is 1.56. The molecule has 3 heteroatoms. The summed E-state index contributed by atoms with van der Waals surface area (Å²) in [5.41, 5.74) is 2.01. The van der Waals surface area contributed by atoms with Crippen LogP contribution in [0.1, 0.15) is 5.56 Å². The van der Waals surface area contributed by atoms with E-state index in [1.807, 2.05) is 48.5 Å². The van der Waals surface area contributed by atoms with Crippen LogP contribution in [0.25, 0.3) is 5.57 Å². The molecule has 0 fully saturated rings. The van der Waals surface area contributed by atoms with Gasteiger partial charge in [0.1, 0.15) is 0 Å². The van der Waals surface area contributed by atoms with Crippen LogP contribution in [0.5, 0.6) is 0 Å². The van der Waals surface area contributed by atoms with Crippen LogP contribution in [0.15, 0.2) is 71.6 Å². The highest BCUT2D eigenvalue weighted by molar-refractivity contribution is 7.99. The van der Waals surface area contributed by atoms with Gasteiger partial charge in [-0.05, 0) is 23.3 Å². The minimum Gasteiger partial charge on any atom is -0.466 e. The summed E-state index contributed by atoms with van der Waals surface area (Å²) in [6, 6.07) is 20.0. The molecule has 2 rings (SSSR count). The minimum atomic E-state index is -0.322. The van der Waals surface area contributed by atoms with E-state index in [9.17, 15) is 4.79 Å². The molecule has 0 saturated heterocycles. The summed E-state index contributed by atoms with van der Waals surface area (Å²) in [5.74, 6) is 0.404. The molecule has 0 bridgehead atoms. The second-order valence-electron chi connectivity index (χ2n) is 4.16. The quantitative estimate of drug-likeness (QED) is 0.471. The average molecular weight is 284 g/mol. The van der Waals surface area contributed by atoms with Gasteiger partial charge in [0.2, 0.25) is 0 Å². The lowest BCUT2D eigenvalue weighted by molar-refractivity contribution is -0.134. The monoisotopic (exact) mass is 284 g/mol. The van der Waals surface area contributed by atoms with Crippen molar-refractivity contribution in [2.45, 2.75) is 4.90 Å². The zero-order valence-electron chi connectivity index (χ0n) is 11.3. The van der Waals surface area contributed by atoms with Gasteiger partial charge in [0.25, 0.3) is 0 Å². The number of hydrogen-bond acceptors (Lipinski definition) is 3. The Hall–Kier alpha value is -2.00. The van der Waals surface area contributed by atoms with Crippen molar-refractivity contribution < 1.29 is 9.53 Å². The topological polar surface area (TPSA) is 26.3 Å². The number of carbonyl (C=O) groups excluding carboxylic acids is 1. The highest BCUT2D eigenvalue weighted by Crippen LogP contribution is 2.25. The molecule has 0 unspecified atom stereocenters. The molecule has 0 saturated carbocycles. The van der Waals surface area contributed by atoms with Gasteiger partial charge in [-0.1, -0.05) is 48.5 Å². The lowest BCUT2D eigenvalue weighted by Gasteiger charge is -2.07. The average Bonchev–Trinajstić information content (AvgIpc) is 2.53. The minimum absolute atomic E-state index is 0.322. The molecule has 0 spiro atoms. The molecule has 20 heavy (non-hydrogen) atoms. The van der Waals surface area contributed by atoms with Crippen LogP contribution in [0, 0.1) is 0 Å². The third-order valence-electron chi connectivity index (χ3n) is 2.78. The molecule has 2 aromatic carbocycles. The number of carbonyl (C=O) groups is 1. The summed E-state index contributed by atoms with van der Waals surface area (Å²) >= 11 is 1.70. The third-order valence-corrected chi connectivity index (χ3v) is 3.84. The van der Waals surface area contributed by atoms with Gasteiger partial charge in [-0.3, -0.25) is 0 Å². The van der Waals surface area contributed by atoms with Crippen molar-refractivity contribution in [2.75, 3.05) is 12.9 Å². The maximum absolute atomic E-state index is 11.5. The molecule has 0 amide bonds. The molecule has 0 aliphatic carbocycles. The Morgan fingerprint density at radius 1 is 1.05 bits per heavy atom. The van der Waals surface area contributed by atoms with Crippen LogP contribution in [0.2, 0.25) is 0 Å². The van der Waals surface area contributed by atoms with Gasteiger partial charge in [0, 0.05) is 16.7 Å². The predicted molar refractivity (Wildman–Crippen MR) is 83.6 cm³/mol. The fourth-order valence-corrected chi connectivity index (χ4v) is 2.66. The van der Waals surface area contributed by atoms with E-state index in [0.29, 0.717) is 0 Å². The zero-order chi connectivity index (χ0) is 14.2. The third kappa shape index (κ3) is 4.28. The standard InChI is InChI=1S/C17H16O2S/c1-19-17(18)12-15(14-8-4-2-5-9-14)13-20-16-10-6-3-7-11-16/h2-12H,13H2,1H3. The summed E-state index contributed by atoms with van der Waals surface area (Å²) in [6.45, 7) is 0. The van der Waals surface area contributed by atoms with Crippen LogP contribution in [-0.2, 0) is 9.53 Å². The normalized spacial score (nSPS) is 11.2. The molecular formula is C17H16O2S. The first-order chi connectivity index (χ1) is 9.79. The summed E-state index contributed by atoms with van der Waals surface area (Å²) in [7, 11) is 1.39. The van der Waals surface area contributed by atoms with Crippen molar-refractivity contribution in [3.63, 3.8) is 0 Å². The maximum Gasteiger partial charge on any atom is 0.330 e. The van der Waals surface area contributed by atoms with Crippen LogP contribution in [0.3, 0.4) is 0 Å². The smallest absolute Gasteiger partial charge is 0.330 e. The van der Waals surface area contributed by atoms with Gasteiger partial charge in [0.15, 0.2) is 0 Å². The predicted octanol–water partition coefficient (Wildman–Crippen LogP) is 4.04. The Bertz CT molecular complexity index is 576. The van der Waals surface area contributed by atoms with Crippen LogP contribution >= 0.6 is 11.8 Å². The summed E-state index contributed by atoms with van der Waals surface area (Å²) in [4.78, 5) is 12.7. The molecule has 0 heterocycles. The first-order valence-electron chi connectivity index (χ1n) is 6.31. The molecule has 2 aromatic rings. The Morgan fingerprint density at radius 2 is 1.65 bits per heavy atom. The van der Waals surface area contributed by atoms with Crippen LogP contribution in [0.4, 0.5) is 0 Å². The number of rotatable bonds is 5. The van der Waals surface area contributed by atoms with Gasteiger partial charge in [-0.15, -0.1) is 11.8 Å². The fourth-order valence-electron chi connectivity index (χ4n) is 1.74. The summed E-state index contributed by atoms with van der Waals surface area (Å²) < 4.78 is 4.73. The van der Waals surface area contributed by atoms with Gasteiger partial charge in [-0.2, -0.15) is 0 Å². The number of esters is 1. The van der Waals surface area contributed by atoms with Crippen molar-refractivity contribution in [3.8, 4) is 0 Å². The Kier molecular flexibility index (Phi) is 5.44. The first-order valence-corrected chi connectivity index (χ1v) is 7.30. The molecule has 0 radical (unpaired) electrons. The van der Waals surface area contributed by atoms with E-state index in [-0.39, 0.29) is 5.97 Å². The highest BCUT2D eigenvalue weighted by atomic mass is 32.2. The van der Waals surface area contributed by atoms with E-state index < -0.39 is 0 Å². The number of ether oxygens (including phenoxy) is 1. The maximum atomic E-state index is 11.5. The van der Waals surface area contributed by atoms with E-state index in [1.54, 1.807) is 17.8 Å². The second-order valence-corrected chi connectivity index (χ2v) is 5.21. The fraction of sp³-hybridized carbons (Fsp3) is 0.118. The van der Waals surface area contributed by atoms with Crippen LogP contribution in [-0.4, -0.2) is 18.8 Å². The largest absolute Gasteiger partial charge is 0.466 e. The highest BCUT2D eigenvalue weighted by Gasteiger charge is 2.06. The van der Waals surface area contributed by atoms with Gasteiger partial charge >= 0.3 is 5.97 Å². The van der Waals surface area contributed by atoms with Crippen molar-refractivity contribution in [1.29, 1.82) is 0 Å². The van der Waals surface area contributed by atoms with Crippen molar-refractivity contribution in [2.24, 2.45) is 0 Å². The van der Waals surface area contributed by atoms with Gasteiger partial charge in [-0.25, -0.2) is 4.79 Å².